The average molecular weight is 242 g/mol. The molecule has 2 fully saturated rings. The van der Waals surface area contributed by atoms with Gasteiger partial charge in [-0.15, -0.1) is 0 Å². The lowest BCUT2D eigenvalue weighted by molar-refractivity contribution is -0.0571. The van der Waals surface area contributed by atoms with Crippen molar-refractivity contribution in [3.63, 3.8) is 0 Å². The SMILES string of the molecule is N#CCCN(CC1CCCC(F)(F)C1)C1CC1. The van der Waals surface area contributed by atoms with Crippen LogP contribution in [0, 0.1) is 17.2 Å². The molecule has 0 aromatic rings. The third-order valence-electron chi connectivity index (χ3n) is 3.81. The summed E-state index contributed by atoms with van der Waals surface area (Å²) in [6.07, 6.45) is 4.54. The van der Waals surface area contributed by atoms with Crippen molar-refractivity contribution in [2.75, 3.05) is 13.1 Å². The number of rotatable bonds is 5. The van der Waals surface area contributed by atoms with Crippen LogP contribution in [0.2, 0.25) is 0 Å². The van der Waals surface area contributed by atoms with E-state index in [0.717, 1.165) is 19.5 Å². The number of nitriles is 1. The maximum absolute atomic E-state index is 13.3. The third-order valence-corrected chi connectivity index (χ3v) is 3.81. The molecular formula is C13H20F2N2. The minimum Gasteiger partial charge on any atom is -0.299 e. The molecule has 0 aliphatic heterocycles. The van der Waals surface area contributed by atoms with Gasteiger partial charge in [0.2, 0.25) is 5.92 Å². The largest absolute Gasteiger partial charge is 0.299 e. The van der Waals surface area contributed by atoms with E-state index < -0.39 is 5.92 Å². The zero-order chi connectivity index (χ0) is 12.3. The maximum Gasteiger partial charge on any atom is 0.248 e. The highest BCUT2D eigenvalue weighted by molar-refractivity contribution is 4.89. The Kier molecular flexibility index (Phi) is 3.98. The molecule has 0 N–H and O–H groups in total. The van der Waals surface area contributed by atoms with Crippen LogP contribution in [0.3, 0.4) is 0 Å². The second-order valence-electron chi connectivity index (χ2n) is 5.45. The molecule has 1 atom stereocenters. The fraction of sp³-hybridized carbons (Fsp3) is 0.923. The van der Waals surface area contributed by atoms with Crippen LogP contribution in [-0.4, -0.2) is 30.0 Å². The first-order valence-corrected chi connectivity index (χ1v) is 6.59. The highest BCUT2D eigenvalue weighted by Crippen LogP contribution is 2.38. The fourth-order valence-corrected chi connectivity index (χ4v) is 2.82. The molecule has 2 rings (SSSR count). The normalized spacial score (nSPS) is 28.0. The van der Waals surface area contributed by atoms with Gasteiger partial charge in [0.15, 0.2) is 0 Å². The zero-order valence-corrected chi connectivity index (χ0v) is 10.2. The van der Waals surface area contributed by atoms with Crippen LogP contribution in [0.5, 0.6) is 0 Å². The van der Waals surface area contributed by atoms with Gasteiger partial charge in [-0.3, -0.25) is 4.90 Å². The van der Waals surface area contributed by atoms with Gasteiger partial charge in [-0.25, -0.2) is 8.78 Å². The average Bonchev–Trinajstić information content (AvgIpc) is 3.06. The van der Waals surface area contributed by atoms with Crippen LogP contribution < -0.4 is 0 Å². The molecule has 96 valence electrons. The van der Waals surface area contributed by atoms with Gasteiger partial charge in [0.25, 0.3) is 0 Å². The summed E-state index contributed by atoms with van der Waals surface area (Å²) >= 11 is 0. The van der Waals surface area contributed by atoms with Crippen LogP contribution in [0.15, 0.2) is 0 Å². The fourth-order valence-electron chi connectivity index (χ4n) is 2.82. The molecule has 0 heterocycles. The summed E-state index contributed by atoms with van der Waals surface area (Å²) in [7, 11) is 0. The molecule has 1 unspecified atom stereocenters. The highest BCUT2D eigenvalue weighted by Gasteiger charge is 2.38. The van der Waals surface area contributed by atoms with Gasteiger partial charge in [-0.2, -0.15) is 5.26 Å². The molecular weight excluding hydrogens is 222 g/mol. The maximum atomic E-state index is 13.3. The van der Waals surface area contributed by atoms with Gasteiger partial charge in [0, 0.05) is 38.4 Å². The Morgan fingerprint density at radius 1 is 1.29 bits per heavy atom. The first-order valence-electron chi connectivity index (χ1n) is 6.59. The van der Waals surface area contributed by atoms with Gasteiger partial charge in [0.1, 0.15) is 0 Å². The monoisotopic (exact) mass is 242 g/mol. The lowest BCUT2D eigenvalue weighted by atomic mass is 9.86. The second kappa shape index (κ2) is 5.30. The molecule has 17 heavy (non-hydrogen) atoms. The highest BCUT2D eigenvalue weighted by atomic mass is 19.3. The van der Waals surface area contributed by atoms with E-state index >= 15 is 0 Å². The van der Waals surface area contributed by atoms with E-state index in [1.807, 2.05) is 0 Å². The van der Waals surface area contributed by atoms with Gasteiger partial charge in [0.05, 0.1) is 6.07 Å². The van der Waals surface area contributed by atoms with Crippen molar-refractivity contribution < 1.29 is 8.78 Å². The standard InChI is InChI=1S/C13H20F2N2/c14-13(15)6-1-3-11(9-13)10-17(8-2-7-16)12-4-5-12/h11-12H,1-6,8-10H2. The van der Waals surface area contributed by atoms with Crippen LogP contribution >= 0.6 is 0 Å². The van der Waals surface area contributed by atoms with Crippen LogP contribution in [0.4, 0.5) is 8.78 Å². The van der Waals surface area contributed by atoms with Crippen LogP contribution in [0.1, 0.15) is 44.9 Å². The first-order chi connectivity index (χ1) is 8.11. The Bertz CT molecular complexity index is 294. The van der Waals surface area contributed by atoms with Gasteiger partial charge in [-0.1, -0.05) is 0 Å². The predicted molar refractivity (Wildman–Crippen MR) is 61.7 cm³/mol. The molecule has 2 aliphatic carbocycles. The van der Waals surface area contributed by atoms with Crippen LogP contribution in [-0.2, 0) is 0 Å². The van der Waals surface area contributed by atoms with Gasteiger partial charge >= 0.3 is 0 Å². The Labute approximate surface area is 102 Å². The predicted octanol–water partition coefficient (Wildman–Crippen LogP) is 3.19. The molecule has 0 aromatic heterocycles. The summed E-state index contributed by atoms with van der Waals surface area (Å²) in [6, 6.07) is 2.71. The summed E-state index contributed by atoms with van der Waals surface area (Å²) in [5, 5.41) is 8.61. The van der Waals surface area contributed by atoms with E-state index in [1.165, 1.54) is 12.8 Å². The number of nitrogens with zero attached hydrogens (tertiary/aromatic N) is 2. The number of hydrogen-bond acceptors (Lipinski definition) is 2. The third kappa shape index (κ3) is 3.92. The van der Waals surface area contributed by atoms with Crippen molar-refractivity contribution in [3.8, 4) is 6.07 Å². The van der Waals surface area contributed by atoms with Crippen molar-refractivity contribution in [1.29, 1.82) is 5.26 Å². The van der Waals surface area contributed by atoms with Crippen molar-refractivity contribution in [2.24, 2.45) is 5.92 Å². The Morgan fingerprint density at radius 3 is 2.65 bits per heavy atom. The minimum atomic E-state index is -2.45. The van der Waals surface area contributed by atoms with Crippen molar-refractivity contribution in [2.45, 2.75) is 56.9 Å². The summed E-state index contributed by atoms with van der Waals surface area (Å²) in [5.74, 6) is -2.33. The quantitative estimate of drug-likeness (QED) is 0.740. The number of hydrogen-bond donors (Lipinski definition) is 0. The molecule has 0 saturated heterocycles. The van der Waals surface area contributed by atoms with Crippen molar-refractivity contribution >= 4 is 0 Å². The first kappa shape index (κ1) is 12.8. The molecule has 2 aliphatic rings. The van der Waals surface area contributed by atoms with Crippen LogP contribution in [0.25, 0.3) is 0 Å². The van der Waals surface area contributed by atoms with E-state index in [1.54, 1.807) is 0 Å². The molecule has 0 aromatic carbocycles. The second-order valence-corrected chi connectivity index (χ2v) is 5.45. The summed E-state index contributed by atoms with van der Waals surface area (Å²) in [5.41, 5.74) is 0. The molecule has 0 radical (unpaired) electrons. The summed E-state index contributed by atoms with van der Waals surface area (Å²) in [6.45, 7) is 1.52. The summed E-state index contributed by atoms with van der Waals surface area (Å²) in [4.78, 5) is 2.26. The molecule has 0 spiro atoms. The molecule has 2 nitrogen and oxygen atoms in total. The van der Waals surface area contributed by atoms with Gasteiger partial charge in [-0.05, 0) is 31.6 Å². The molecule has 4 heteroatoms. The number of halogens is 2. The smallest absolute Gasteiger partial charge is 0.248 e. The molecule has 2 saturated carbocycles. The minimum absolute atomic E-state index is 0.0444. The van der Waals surface area contributed by atoms with Gasteiger partial charge < -0.3 is 0 Å². The van der Waals surface area contributed by atoms with E-state index in [0.29, 0.717) is 18.9 Å². The van der Waals surface area contributed by atoms with E-state index in [2.05, 4.69) is 11.0 Å². The summed E-state index contributed by atoms with van der Waals surface area (Å²) < 4.78 is 26.6. The zero-order valence-electron chi connectivity index (χ0n) is 10.2. The van der Waals surface area contributed by atoms with E-state index in [9.17, 15) is 8.78 Å². The van der Waals surface area contributed by atoms with E-state index in [4.69, 9.17) is 5.26 Å². The topological polar surface area (TPSA) is 27.0 Å². The lowest BCUT2D eigenvalue weighted by Gasteiger charge is -2.33. The Balaban J connectivity index is 1.82. The molecule has 0 amide bonds. The molecule has 0 bridgehead atoms. The van der Waals surface area contributed by atoms with Crippen molar-refractivity contribution in [3.05, 3.63) is 0 Å². The lowest BCUT2D eigenvalue weighted by Crippen LogP contribution is -2.37. The van der Waals surface area contributed by atoms with Crippen molar-refractivity contribution in [1.82, 2.24) is 4.90 Å². The Hall–Kier alpha value is -0.690. The van der Waals surface area contributed by atoms with E-state index in [-0.39, 0.29) is 18.8 Å². The Morgan fingerprint density at radius 2 is 2.06 bits per heavy atom. The number of alkyl halides is 2.